The highest BCUT2D eigenvalue weighted by atomic mass is 32.1. The molecular weight excluding hydrogens is 334 g/mol. The largest absolute Gasteiger partial charge is 0.496 e. The van der Waals surface area contributed by atoms with E-state index in [1.807, 2.05) is 23.9 Å². The summed E-state index contributed by atoms with van der Waals surface area (Å²) in [5.41, 5.74) is 3.31. The number of hydrogen-bond donors (Lipinski definition) is 0. The molecule has 4 rings (SSSR count). The number of anilines is 1. The first-order valence-corrected chi connectivity index (χ1v) is 9.36. The smallest absolute Gasteiger partial charge is 0.188 e. The van der Waals surface area contributed by atoms with Crippen molar-refractivity contribution in [3.05, 3.63) is 35.5 Å². The van der Waals surface area contributed by atoms with Crippen LogP contribution >= 0.6 is 11.3 Å². The molecule has 1 aliphatic rings. The van der Waals surface area contributed by atoms with E-state index in [0.29, 0.717) is 0 Å². The minimum atomic E-state index is 0.931. The number of aromatic nitrogens is 3. The molecule has 0 radical (unpaired) electrons. The maximum Gasteiger partial charge on any atom is 0.188 e. The van der Waals surface area contributed by atoms with Crippen LogP contribution in [-0.2, 0) is 13.6 Å². The highest BCUT2D eigenvalue weighted by Crippen LogP contribution is 2.31. The van der Waals surface area contributed by atoms with Crippen LogP contribution in [0.15, 0.2) is 24.3 Å². The van der Waals surface area contributed by atoms with E-state index in [1.54, 1.807) is 18.4 Å². The van der Waals surface area contributed by atoms with Crippen LogP contribution in [-0.4, -0.2) is 53.0 Å². The van der Waals surface area contributed by atoms with E-state index < -0.39 is 0 Å². The molecule has 0 atom stereocenters. The lowest BCUT2D eigenvalue weighted by molar-refractivity contribution is 0.246. The van der Waals surface area contributed by atoms with Gasteiger partial charge in [-0.25, -0.2) is 9.67 Å². The molecule has 132 valence electrons. The Morgan fingerprint density at radius 3 is 2.64 bits per heavy atom. The van der Waals surface area contributed by atoms with Crippen molar-refractivity contribution in [3.8, 4) is 5.75 Å². The summed E-state index contributed by atoms with van der Waals surface area (Å²) in [6, 6.07) is 8.27. The van der Waals surface area contributed by atoms with Crippen LogP contribution in [0.1, 0.15) is 11.3 Å². The first-order valence-electron chi connectivity index (χ1n) is 8.55. The van der Waals surface area contributed by atoms with E-state index in [1.165, 1.54) is 10.3 Å². The van der Waals surface area contributed by atoms with Crippen LogP contribution in [0.5, 0.6) is 5.75 Å². The maximum absolute atomic E-state index is 5.47. The van der Waals surface area contributed by atoms with E-state index >= 15 is 0 Å². The standard InChI is InChI=1S/C18H23N5OS/c1-13-16-17(21(2)20-13)19-18(25-16)23-10-8-22(9-11-23)12-14-6-4-5-7-15(14)24-3/h4-7H,8-12H2,1-3H3. The SMILES string of the molecule is COc1ccccc1CN1CCN(c2nc3c(s2)c(C)nn3C)CC1. The molecule has 6 nitrogen and oxygen atoms in total. The van der Waals surface area contributed by atoms with Crippen LogP contribution < -0.4 is 9.64 Å². The molecule has 0 bridgehead atoms. The third-order valence-corrected chi connectivity index (χ3v) is 5.98. The van der Waals surface area contributed by atoms with Gasteiger partial charge < -0.3 is 9.64 Å². The van der Waals surface area contributed by atoms with Gasteiger partial charge in [0.2, 0.25) is 0 Å². The molecule has 3 heterocycles. The van der Waals surface area contributed by atoms with E-state index in [0.717, 1.165) is 54.9 Å². The number of para-hydroxylation sites is 1. The average Bonchev–Trinajstić information content (AvgIpc) is 3.18. The number of thiazole rings is 1. The monoisotopic (exact) mass is 357 g/mol. The third-order valence-electron chi connectivity index (χ3n) is 4.76. The summed E-state index contributed by atoms with van der Waals surface area (Å²) in [6.45, 7) is 7.05. The van der Waals surface area contributed by atoms with Crippen molar-refractivity contribution in [2.24, 2.45) is 7.05 Å². The first kappa shape index (κ1) is 16.4. The number of fused-ring (bicyclic) bond motifs is 1. The van der Waals surface area contributed by atoms with Crippen LogP contribution in [0.2, 0.25) is 0 Å². The van der Waals surface area contributed by atoms with Crippen molar-refractivity contribution in [1.29, 1.82) is 0 Å². The fourth-order valence-corrected chi connectivity index (χ4v) is 4.46. The van der Waals surface area contributed by atoms with Crippen molar-refractivity contribution in [3.63, 3.8) is 0 Å². The molecule has 1 fully saturated rings. The van der Waals surface area contributed by atoms with Gasteiger partial charge in [0.15, 0.2) is 10.8 Å². The Morgan fingerprint density at radius 1 is 1.16 bits per heavy atom. The minimum Gasteiger partial charge on any atom is -0.496 e. The quantitative estimate of drug-likeness (QED) is 0.718. The summed E-state index contributed by atoms with van der Waals surface area (Å²) in [5, 5.41) is 5.55. The Balaban J connectivity index is 1.43. The van der Waals surface area contributed by atoms with Gasteiger partial charge in [-0.3, -0.25) is 4.90 Å². The first-order chi connectivity index (χ1) is 12.2. The lowest BCUT2D eigenvalue weighted by atomic mass is 10.1. The Kier molecular flexibility index (Phi) is 4.35. The molecule has 1 saturated heterocycles. The zero-order chi connectivity index (χ0) is 17.4. The number of benzene rings is 1. The molecule has 0 amide bonds. The van der Waals surface area contributed by atoms with Gasteiger partial charge >= 0.3 is 0 Å². The Hall–Kier alpha value is -2.12. The van der Waals surface area contributed by atoms with E-state index in [2.05, 4.69) is 34.0 Å². The molecule has 1 aromatic carbocycles. The number of methoxy groups -OCH3 is 1. The average molecular weight is 357 g/mol. The lowest BCUT2D eigenvalue weighted by Crippen LogP contribution is -2.46. The molecule has 0 aliphatic carbocycles. The van der Waals surface area contributed by atoms with Crippen molar-refractivity contribution >= 4 is 26.8 Å². The third kappa shape index (κ3) is 3.09. The number of aryl methyl sites for hydroxylation is 2. The molecule has 0 N–H and O–H groups in total. The zero-order valence-corrected chi connectivity index (χ0v) is 15.7. The van der Waals surface area contributed by atoms with Gasteiger partial charge in [-0.1, -0.05) is 29.5 Å². The van der Waals surface area contributed by atoms with Gasteiger partial charge in [0.25, 0.3) is 0 Å². The van der Waals surface area contributed by atoms with Crippen LogP contribution in [0.4, 0.5) is 5.13 Å². The fourth-order valence-electron chi connectivity index (χ4n) is 3.38. The Morgan fingerprint density at radius 2 is 1.92 bits per heavy atom. The van der Waals surface area contributed by atoms with E-state index in [-0.39, 0.29) is 0 Å². The zero-order valence-electron chi connectivity index (χ0n) is 14.9. The molecular formula is C18H23N5OS. The van der Waals surface area contributed by atoms with Gasteiger partial charge in [0.1, 0.15) is 5.75 Å². The highest BCUT2D eigenvalue weighted by Gasteiger charge is 2.22. The summed E-state index contributed by atoms with van der Waals surface area (Å²) < 4.78 is 8.55. The number of hydrogen-bond acceptors (Lipinski definition) is 6. The maximum atomic E-state index is 5.47. The summed E-state index contributed by atoms with van der Waals surface area (Å²) in [5.74, 6) is 0.971. The molecule has 0 unspecified atom stereocenters. The second-order valence-electron chi connectivity index (χ2n) is 6.43. The normalized spacial score (nSPS) is 15.9. The van der Waals surface area contributed by atoms with Crippen molar-refractivity contribution in [2.45, 2.75) is 13.5 Å². The number of rotatable bonds is 4. The van der Waals surface area contributed by atoms with Crippen LogP contribution in [0.3, 0.4) is 0 Å². The van der Waals surface area contributed by atoms with Gasteiger partial charge in [0, 0.05) is 45.3 Å². The second kappa shape index (κ2) is 6.65. The van der Waals surface area contributed by atoms with Crippen molar-refractivity contribution < 1.29 is 4.74 Å². The summed E-state index contributed by atoms with van der Waals surface area (Å²) >= 11 is 1.76. The predicted molar refractivity (Wildman–Crippen MR) is 102 cm³/mol. The summed E-state index contributed by atoms with van der Waals surface area (Å²) in [4.78, 5) is 9.67. The van der Waals surface area contributed by atoms with Crippen molar-refractivity contribution in [1.82, 2.24) is 19.7 Å². The number of ether oxygens (including phenoxy) is 1. The molecule has 1 aliphatic heterocycles. The van der Waals surface area contributed by atoms with Crippen LogP contribution in [0.25, 0.3) is 10.3 Å². The second-order valence-corrected chi connectivity index (χ2v) is 7.41. The molecule has 7 heteroatoms. The predicted octanol–water partition coefficient (Wildman–Crippen LogP) is 2.67. The van der Waals surface area contributed by atoms with Gasteiger partial charge in [-0.2, -0.15) is 5.10 Å². The minimum absolute atomic E-state index is 0.931. The van der Waals surface area contributed by atoms with Gasteiger partial charge in [-0.05, 0) is 13.0 Å². The fraction of sp³-hybridized carbons (Fsp3) is 0.444. The number of piperazine rings is 1. The van der Waals surface area contributed by atoms with Crippen molar-refractivity contribution in [2.75, 3.05) is 38.2 Å². The van der Waals surface area contributed by atoms with Gasteiger partial charge in [-0.15, -0.1) is 0 Å². The van der Waals surface area contributed by atoms with E-state index in [9.17, 15) is 0 Å². The summed E-state index contributed by atoms with van der Waals surface area (Å²) in [6.07, 6.45) is 0. The molecule has 0 saturated carbocycles. The molecule has 2 aromatic heterocycles. The summed E-state index contributed by atoms with van der Waals surface area (Å²) in [7, 11) is 3.70. The Bertz CT molecular complexity index is 844. The highest BCUT2D eigenvalue weighted by molar-refractivity contribution is 7.22. The molecule has 0 spiro atoms. The Labute approximate surface area is 151 Å². The topological polar surface area (TPSA) is 46.4 Å². The van der Waals surface area contributed by atoms with Crippen LogP contribution in [0, 0.1) is 6.92 Å². The lowest BCUT2D eigenvalue weighted by Gasteiger charge is -2.34. The van der Waals surface area contributed by atoms with E-state index in [4.69, 9.17) is 9.72 Å². The molecule has 25 heavy (non-hydrogen) atoms. The number of nitrogens with zero attached hydrogens (tertiary/aromatic N) is 5. The molecule has 3 aromatic rings. The van der Waals surface area contributed by atoms with Gasteiger partial charge in [0.05, 0.1) is 17.5 Å².